The first kappa shape index (κ1) is 16.6. The molecule has 3 aromatic rings. The first-order valence-electron chi connectivity index (χ1n) is 7.88. The number of aryl methyl sites for hydroxylation is 2. The monoisotopic (exact) mass is 339 g/mol. The molecule has 0 saturated heterocycles. The molecule has 24 heavy (non-hydrogen) atoms. The molecule has 0 bridgehead atoms. The molecule has 0 amide bonds. The van der Waals surface area contributed by atoms with E-state index in [9.17, 15) is 0 Å². The Hall–Kier alpha value is -2.27. The molecule has 0 atom stereocenters. The van der Waals surface area contributed by atoms with Crippen molar-refractivity contribution in [3.63, 3.8) is 0 Å². The van der Waals surface area contributed by atoms with Crippen LogP contribution in [0.3, 0.4) is 0 Å². The van der Waals surface area contributed by atoms with E-state index in [-0.39, 0.29) is 0 Å². The Morgan fingerprint density at radius 2 is 1.88 bits per heavy atom. The zero-order valence-electron chi connectivity index (χ0n) is 14.2. The molecule has 0 N–H and O–H groups in total. The van der Waals surface area contributed by atoms with Crippen LogP contribution in [-0.4, -0.2) is 14.8 Å². The van der Waals surface area contributed by atoms with Crippen LogP contribution in [0.2, 0.25) is 0 Å². The number of ether oxygens (including phenoxy) is 1. The maximum Gasteiger partial charge on any atom is 0.191 e. The van der Waals surface area contributed by atoms with Crippen LogP contribution in [0, 0.1) is 13.8 Å². The second kappa shape index (κ2) is 7.53. The highest BCUT2D eigenvalue weighted by Gasteiger charge is 2.10. The molecule has 0 radical (unpaired) electrons. The highest BCUT2D eigenvalue weighted by molar-refractivity contribution is 7.98. The van der Waals surface area contributed by atoms with Gasteiger partial charge in [-0.1, -0.05) is 59.8 Å². The van der Waals surface area contributed by atoms with E-state index in [4.69, 9.17) is 4.74 Å². The zero-order valence-corrected chi connectivity index (χ0v) is 15.0. The van der Waals surface area contributed by atoms with E-state index >= 15 is 0 Å². The maximum atomic E-state index is 5.86. The first-order chi connectivity index (χ1) is 11.6. The molecule has 0 aliphatic rings. The van der Waals surface area contributed by atoms with Gasteiger partial charge in [0.1, 0.15) is 12.4 Å². The van der Waals surface area contributed by atoms with Crippen LogP contribution >= 0.6 is 11.8 Å². The van der Waals surface area contributed by atoms with Crippen molar-refractivity contribution in [1.82, 2.24) is 14.8 Å². The van der Waals surface area contributed by atoms with Gasteiger partial charge in [0.05, 0.1) is 0 Å². The fourth-order valence-electron chi connectivity index (χ4n) is 2.41. The number of nitrogens with zero attached hydrogens (tertiary/aromatic N) is 3. The van der Waals surface area contributed by atoms with Crippen molar-refractivity contribution in [3.8, 4) is 5.75 Å². The highest BCUT2D eigenvalue weighted by Crippen LogP contribution is 2.22. The minimum atomic E-state index is 0.416. The summed E-state index contributed by atoms with van der Waals surface area (Å²) in [5.41, 5.74) is 3.69. The van der Waals surface area contributed by atoms with Gasteiger partial charge in [-0.2, -0.15) is 0 Å². The van der Waals surface area contributed by atoms with Gasteiger partial charge in [-0.25, -0.2) is 0 Å². The molecule has 0 aliphatic carbocycles. The Balaban J connectivity index is 1.62. The lowest BCUT2D eigenvalue weighted by atomic mass is 10.2. The first-order valence-corrected chi connectivity index (χ1v) is 8.87. The molecular weight excluding hydrogens is 318 g/mol. The van der Waals surface area contributed by atoms with Crippen LogP contribution in [0.1, 0.15) is 22.5 Å². The number of benzene rings is 2. The van der Waals surface area contributed by atoms with E-state index < -0.39 is 0 Å². The minimum absolute atomic E-state index is 0.416. The Morgan fingerprint density at radius 1 is 1.04 bits per heavy atom. The predicted molar refractivity (Wildman–Crippen MR) is 97.3 cm³/mol. The molecule has 1 heterocycles. The van der Waals surface area contributed by atoms with Gasteiger partial charge in [-0.05, 0) is 31.0 Å². The molecule has 0 spiro atoms. The Bertz CT molecular complexity index is 829. The molecule has 1 aromatic heterocycles. The van der Waals surface area contributed by atoms with E-state index in [0.717, 1.165) is 28.0 Å². The van der Waals surface area contributed by atoms with E-state index in [1.54, 1.807) is 11.8 Å². The van der Waals surface area contributed by atoms with Gasteiger partial charge < -0.3 is 9.30 Å². The van der Waals surface area contributed by atoms with Crippen LogP contribution in [0.4, 0.5) is 0 Å². The maximum absolute atomic E-state index is 5.86. The van der Waals surface area contributed by atoms with Gasteiger partial charge >= 0.3 is 0 Å². The van der Waals surface area contributed by atoms with Gasteiger partial charge in [0, 0.05) is 12.8 Å². The molecular formula is C19H21N3OS. The topological polar surface area (TPSA) is 39.9 Å². The third-order valence-electron chi connectivity index (χ3n) is 3.83. The van der Waals surface area contributed by atoms with Crippen LogP contribution in [0.15, 0.2) is 53.7 Å². The summed E-state index contributed by atoms with van der Waals surface area (Å²) in [6.45, 7) is 4.56. The van der Waals surface area contributed by atoms with Crippen LogP contribution in [0.5, 0.6) is 5.75 Å². The van der Waals surface area contributed by atoms with Crippen LogP contribution < -0.4 is 4.74 Å². The average Bonchev–Trinajstić information content (AvgIpc) is 2.92. The van der Waals surface area contributed by atoms with Crippen molar-refractivity contribution in [2.24, 2.45) is 7.05 Å². The Morgan fingerprint density at radius 3 is 2.67 bits per heavy atom. The van der Waals surface area contributed by atoms with Gasteiger partial charge in [0.25, 0.3) is 0 Å². The number of hydrogen-bond acceptors (Lipinski definition) is 4. The van der Waals surface area contributed by atoms with E-state index in [1.807, 2.05) is 42.8 Å². The Kier molecular flexibility index (Phi) is 5.20. The van der Waals surface area contributed by atoms with Crippen molar-refractivity contribution in [2.45, 2.75) is 31.4 Å². The molecule has 0 aliphatic heterocycles. The van der Waals surface area contributed by atoms with E-state index in [0.29, 0.717) is 6.61 Å². The number of hydrogen-bond donors (Lipinski definition) is 0. The summed E-state index contributed by atoms with van der Waals surface area (Å²) in [6, 6.07) is 16.5. The smallest absolute Gasteiger partial charge is 0.191 e. The number of para-hydroxylation sites is 1. The molecule has 2 aromatic carbocycles. The van der Waals surface area contributed by atoms with Crippen molar-refractivity contribution in [3.05, 3.63) is 71.0 Å². The third-order valence-corrected chi connectivity index (χ3v) is 4.92. The lowest BCUT2D eigenvalue weighted by Gasteiger charge is -2.08. The van der Waals surface area contributed by atoms with Gasteiger partial charge in [-0.3, -0.25) is 0 Å². The molecule has 0 saturated carbocycles. The van der Waals surface area contributed by atoms with Gasteiger partial charge in [0.2, 0.25) is 0 Å². The fourth-order valence-corrected chi connectivity index (χ4v) is 3.28. The summed E-state index contributed by atoms with van der Waals surface area (Å²) in [4.78, 5) is 0. The largest absolute Gasteiger partial charge is 0.485 e. The van der Waals surface area contributed by atoms with Crippen LogP contribution in [-0.2, 0) is 19.4 Å². The van der Waals surface area contributed by atoms with Crippen molar-refractivity contribution >= 4 is 11.8 Å². The number of aromatic nitrogens is 3. The van der Waals surface area contributed by atoms with Crippen molar-refractivity contribution in [2.75, 3.05) is 0 Å². The van der Waals surface area contributed by atoms with Gasteiger partial charge in [-0.15, -0.1) is 10.2 Å². The van der Waals surface area contributed by atoms with Crippen molar-refractivity contribution in [1.29, 1.82) is 0 Å². The summed E-state index contributed by atoms with van der Waals surface area (Å²) in [5.74, 6) is 2.59. The molecule has 0 unspecified atom stereocenters. The summed E-state index contributed by atoms with van der Waals surface area (Å²) < 4.78 is 7.86. The highest BCUT2D eigenvalue weighted by atomic mass is 32.2. The van der Waals surface area contributed by atoms with E-state index in [2.05, 4.69) is 41.4 Å². The summed E-state index contributed by atoms with van der Waals surface area (Å²) >= 11 is 1.69. The molecule has 3 rings (SSSR count). The van der Waals surface area contributed by atoms with Gasteiger partial charge in [0.15, 0.2) is 11.0 Å². The molecule has 4 nitrogen and oxygen atoms in total. The fraction of sp³-hybridized carbons (Fsp3) is 0.263. The normalized spacial score (nSPS) is 10.8. The van der Waals surface area contributed by atoms with Crippen molar-refractivity contribution < 1.29 is 4.74 Å². The summed E-state index contributed by atoms with van der Waals surface area (Å²) in [5, 5.41) is 9.44. The molecule has 124 valence electrons. The van der Waals surface area contributed by atoms with Crippen LogP contribution in [0.25, 0.3) is 0 Å². The second-order valence-corrected chi connectivity index (χ2v) is 6.73. The summed E-state index contributed by atoms with van der Waals surface area (Å²) in [7, 11) is 1.98. The second-order valence-electron chi connectivity index (χ2n) is 5.79. The molecule has 5 heteroatoms. The minimum Gasteiger partial charge on any atom is -0.485 e. The number of rotatable bonds is 6. The van der Waals surface area contributed by atoms with E-state index in [1.165, 1.54) is 11.1 Å². The quantitative estimate of drug-likeness (QED) is 0.628. The standard InChI is InChI=1S/C19H21N3OS/c1-14-7-6-9-16(11-14)13-24-19-21-20-18(22(19)3)12-23-17-10-5-4-8-15(17)2/h4-11H,12-13H2,1-3H3. The zero-order chi connectivity index (χ0) is 16.9. The number of thioether (sulfide) groups is 1. The predicted octanol–water partition coefficient (Wildman–Crippen LogP) is 4.30. The molecule has 0 fully saturated rings. The SMILES string of the molecule is Cc1cccc(CSc2nnc(COc3ccccc3C)n2C)c1. The third kappa shape index (κ3) is 3.97. The Labute approximate surface area is 146 Å². The average molecular weight is 339 g/mol. The summed E-state index contributed by atoms with van der Waals surface area (Å²) in [6.07, 6.45) is 0. The lowest BCUT2D eigenvalue weighted by Crippen LogP contribution is -2.04. The lowest BCUT2D eigenvalue weighted by molar-refractivity contribution is 0.288.